The number of benzene rings is 3. The van der Waals surface area contributed by atoms with Crippen molar-refractivity contribution in [2.45, 2.75) is 20.3 Å². The molecule has 0 aliphatic carbocycles. The molecule has 0 bridgehead atoms. The maximum Gasteiger partial charge on any atom is 0.237 e. The summed E-state index contributed by atoms with van der Waals surface area (Å²) in [4.78, 5) is 20.3. The molecular formula is C26H26N2O4S. The second-order valence-electron chi connectivity index (χ2n) is 7.64. The average Bonchev–Trinajstić information content (AvgIpc) is 3.24. The molecule has 6 nitrogen and oxygen atoms in total. The van der Waals surface area contributed by atoms with Gasteiger partial charge in [0, 0.05) is 0 Å². The van der Waals surface area contributed by atoms with Crippen molar-refractivity contribution in [1.82, 2.24) is 4.98 Å². The minimum absolute atomic E-state index is 0.0965. The molecule has 0 saturated heterocycles. The van der Waals surface area contributed by atoms with E-state index in [-0.39, 0.29) is 12.3 Å². The third kappa shape index (κ3) is 4.36. The van der Waals surface area contributed by atoms with Gasteiger partial charge in [-0.2, -0.15) is 0 Å². The summed E-state index contributed by atoms with van der Waals surface area (Å²) >= 11 is 1.50. The van der Waals surface area contributed by atoms with E-state index in [1.807, 2.05) is 56.3 Å². The zero-order valence-corrected chi connectivity index (χ0v) is 20.2. The summed E-state index contributed by atoms with van der Waals surface area (Å²) in [5.74, 6) is 1.42. The minimum atomic E-state index is -0.0965. The van der Waals surface area contributed by atoms with Crippen molar-refractivity contribution in [2.75, 3.05) is 26.2 Å². The Hall–Kier alpha value is -3.58. The van der Waals surface area contributed by atoms with Crippen molar-refractivity contribution < 1.29 is 19.0 Å². The van der Waals surface area contributed by atoms with E-state index in [0.29, 0.717) is 22.4 Å². The van der Waals surface area contributed by atoms with Gasteiger partial charge in [0.25, 0.3) is 0 Å². The number of aromatic nitrogens is 1. The third-order valence-electron chi connectivity index (χ3n) is 5.47. The van der Waals surface area contributed by atoms with E-state index < -0.39 is 0 Å². The first-order valence-corrected chi connectivity index (χ1v) is 11.3. The van der Waals surface area contributed by atoms with Gasteiger partial charge in [0.1, 0.15) is 0 Å². The Morgan fingerprint density at radius 3 is 2.12 bits per heavy atom. The van der Waals surface area contributed by atoms with Gasteiger partial charge >= 0.3 is 0 Å². The molecule has 1 amide bonds. The fraction of sp³-hybridized carbons (Fsp3) is 0.231. The van der Waals surface area contributed by atoms with E-state index in [1.165, 1.54) is 11.3 Å². The topological polar surface area (TPSA) is 60.9 Å². The van der Waals surface area contributed by atoms with Gasteiger partial charge in [-0.3, -0.25) is 9.69 Å². The quantitative estimate of drug-likeness (QED) is 0.345. The Kier molecular flexibility index (Phi) is 6.51. The summed E-state index contributed by atoms with van der Waals surface area (Å²) < 4.78 is 17.4. The number of methoxy groups -OCH3 is 3. The highest BCUT2D eigenvalue weighted by molar-refractivity contribution is 7.22. The van der Waals surface area contributed by atoms with Crippen LogP contribution in [0, 0.1) is 13.8 Å². The highest BCUT2D eigenvalue weighted by Gasteiger charge is 2.26. The van der Waals surface area contributed by atoms with Crippen LogP contribution in [0.3, 0.4) is 0 Å². The van der Waals surface area contributed by atoms with Crippen molar-refractivity contribution in [3.63, 3.8) is 0 Å². The van der Waals surface area contributed by atoms with Crippen LogP contribution in [0.15, 0.2) is 54.6 Å². The second-order valence-corrected chi connectivity index (χ2v) is 8.65. The van der Waals surface area contributed by atoms with Crippen LogP contribution in [-0.2, 0) is 11.2 Å². The summed E-state index contributed by atoms with van der Waals surface area (Å²) in [6.45, 7) is 4.02. The number of aryl methyl sites for hydroxylation is 2. The number of carbonyl (C=O) groups is 1. The summed E-state index contributed by atoms with van der Waals surface area (Å²) in [6.07, 6.45) is 0.139. The summed E-state index contributed by atoms with van der Waals surface area (Å²) in [5, 5.41) is 0.644. The first-order valence-electron chi connectivity index (χ1n) is 10.5. The molecule has 0 spiro atoms. The number of ether oxygens (including phenoxy) is 3. The lowest BCUT2D eigenvalue weighted by molar-refractivity contribution is -0.117. The second kappa shape index (κ2) is 9.50. The Bertz CT molecular complexity index is 1240. The molecule has 33 heavy (non-hydrogen) atoms. The van der Waals surface area contributed by atoms with Crippen molar-refractivity contribution >= 4 is 38.3 Å². The van der Waals surface area contributed by atoms with Crippen LogP contribution in [0.4, 0.5) is 10.8 Å². The Morgan fingerprint density at radius 2 is 1.55 bits per heavy atom. The van der Waals surface area contributed by atoms with E-state index in [4.69, 9.17) is 19.2 Å². The molecule has 0 unspecified atom stereocenters. The Morgan fingerprint density at radius 1 is 0.909 bits per heavy atom. The van der Waals surface area contributed by atoms with Gasteiger partial charge in [-0.15, -0.1) is 0 Å². The van der Waals surface area contributed by atoms with Gasteiger partial charge in [-0.25, -0.2) is 4.98 Å². The molecule has 3 aromatic carbocycles. The number of hydrogen-bond donors (Lipinski definition) is 0. The number of amides is 1. The molecule has 7 heteroatoms. The van der Waals surface area contributed by atoms with Crippen LogP contribution >= 0.6 is 11.3 Å². The molecule has 0 atom stereocenters. The number of rotatable bonds is 7. The summed E-state index contributed by atoms with van der Waals surface area (Å²) in [7, 11) is 4.68. The minimum Gasteiger partial charge on any atom is -0.493 e. The van der Waals surface area contributed by atoms with Crippen LogP contribution < -0.4 is 19.1 Å². The fourth-order valence-corrected chi connectivity index (χ4v) is 4.92. The molecule has 1 heterocycles. The molecule has 0 fully saturated rings. The van der Waals surface area contributed by atoms with Gasteiger partial charge < -0.3 is 14.2 Å². The normalized spacial score (nSPS) is 10.8. The lowest BCUT2D eigenvalue weighted by Crippen LogP contribution is -2.29. The Labute approximate surface area is 197 Å². The lowest BCUT2D eigenvalue weighted by Gasteiger charge is -2.24. The summed E-state index contributed by atoms with van der Waals surface area (Å²) in [5.41, 5.74) is 4.50. The Balaban J connectivity index is 1.80. The van der Waals surface area contributed by atoms with Crippen molar-refractivity contribution in [3.05, 3.63) is 71.3 Å². The third-order valence-corrected chi connectivity index (χ3v) is 6.49. The molecule has 170 valence electrons. The standard InChI is InChI=1S/C26H26N2O4S/c1-16-9-8-10-17(2)24(16)28(26-27-19-11-6-7-12-22(19)33-26)23(29)15-18-13-20(30-3)25(32-5)21(14-18)31-4/h6-14H,15H2,1-5H3. The van der Waals surface area contributed by atoms with Crippen LogP contribution in [0.1, 0.15) is 16.7 Å². The first-order chi connectivity index (χ1) is 16.0. The smallest absolute Gasteiger partial charge is 0.237 e. The van der Waals surface area contributed by atoms with Crippen LogP contribution in [0.2, 0.25) is 0 Å². The number of anilines is 2. The lowest BCUT2D eigenvalue weighted by atomic mass is 10.1. The van der Waals surface area contributed by atoms with Gasteiger partial charge in [0.15, 0.2) is 16.6 Å². The number of para-hydroxylation sites is 2. The van der Waals surface area contributed by atoms with E-state index in [9.17, 15) is 4.79 Å². The molecule has 0 radical (unpaired) electrons. The maximum absolute atomic E-state index is 13.8. The number of carbonyl (C=O) groups excluding carboxylic acids is 1. The van der Waals surface area contributed by atoms with Crippen molar-refractivity contribution in [3.8, 4) is 17.2 Å². The molecule has 4 aromatic rings. The molecule has 1 aromatic heterocycles. The summed E-state index contributed by atoms with van der Waals surface area (Å²) in [6, 6.07) is 17.5. The van der Waals surface area contributed by atoms with Crippen LogP contribution in [-0.4, -0.2) is 32.2 Å². The highest BCUT2D eigenvalue weighted by atomic mass is 32.1. The molecule has 0 aliphatic heterocycles. The van der Waals surface area contributed by atoms with E-state index in [1.54, 1.807) is 38.4 Å². The van der Waals surface area contributed by atoms with Gasteiger partial charge in [0.2, 0.25) is 11.7 Å². The monoisotopic (exact) mass is 462 g/mol. The zero-order chi connectivity index (χ0) is 23.5. The zero-order valence-electron chi connectivity index (χ0n) is 19.3. The van der Waals surface area contributed by atoms with Gasteiger partial charge in [0.05, 0.1) is 43.7 Å². The molecule has 4 rings (SSSR count). The van der Waals surface area contributed by atoms with Gasteiger partial charge in [-0.1, -0.05) is 41.7 Å². The van der Waals surface area contributed by atoms with Crippen molar-refractivity contribution in [2.24, 2.45) is 0 Å². The van der Waals surface area contributed by atoms with Crippen molar-refractivity contribution in [1.29, 1.82) is 0 Å². The average molecular weight is 463 g/mol. The maximum atomic E-state index is 13.8. The van der Waals surface area contributed by atoms with Crippen LogP contribution in [0.25, 0.3) is 10.2 Å². The van der Waals surface area contributed by atoms with E-state index in [0.717, 1.165) is 32.6 Å². The highest BCUT2D eigenvalue weighted by Crippen LogP contribution is 2.40. The predicted molar refractivity (Wildman–Crippen MR) is 132 cm³/mol. The molecule has 0 N–H and O–H groups in total. The van der Waals surface area contributed by atoms with E-state index in [2.05, 4.69) is 0 Å². The number of hydrogen-bond acceptors (Lipinski definition) is 6. The number of thiazole rings is 1. The number of nitrogens with zero attached hydrogens (tertiary/aromatic N) is 2. The SMILES string of the molecule is COc1cc(CC(=O)N(c2nc3ccccc3s2)c2c(C)cccc2C)cc(OC)c1OC. The largest absolute Gasteiger partial charge is 0.493 e. The first kappa shape index (κ1) is 22.6. The fourth-order valence-electron chi connectivity index (χ4n) is 3.93. The molecular weight excluding hydrogens is 436 g/mol. The van der Waals surface area contributed by atoms with Gasteiger partial charge in [-0.05, 0) is 54.8 Å². The predicted octanol–water partition coefficient (Wildman–Crippen LogP) is 5.85. The molecule has 0 aliphatic rings. The molecule has 0 saturated carbocycles. The van der Waals surface area contributed by atoms with Crippen LogP contribution in [0.5, 0.6) is 17.2 Å². The number of fused-ring (bicyclic) bond motifs is 1. The van der Waals surface area contributed by atoms with E-state index >= 15 is 0 Å².